The Bertz CT molecular complexity index is 512. The molecule has 96 valence electrons. The van der Waals surface area contributed by atoms with Gasteiger partial charge in [-0.3, -0.25) is 0 Å². The second-order valence-corrected chi connectivity index (χ2v) is 3.57. The number of carbonyl (C=O) groups excluding carboxylic acids is 1. The molecule has 0 heterocycles. The molecular formula is C12H8ClF3O2. The minimum atomic E-state index is -4.51. The Labute approximate surface area is 107 Å². The first-order chi connectivity index (χ1) is 8.34. The van der Waals surface area contributed by atoms with Crippen LogP contribution in [0.3, 0.4) is 0 Å². The third-order valence-electron chi connectivity index (χ3n) is 1.86. The lowest BCUT2D eigenvalue weighted by molar-refractivity contribution is -0.138. The summed E-state index contributed by atoms with van der Waals surface area (Å²) in [5.41, 5.74) is -0.730. The zero-order chi connectivity index (χ0) is 13.8. The highest BCUT2D eigenvalue weighted by Crippen LogP contribution is 2.34. The second kappa shape index (κ2) is 5.78. The van der Waals surface area contributed by atoms with Gasteiger partial charge >= 0.3 is 12.1 Å². The molecule has 0 saturated heterocycles. The van der Waals surface area contributed by atoms with Gasteiger partial charge in [-0.2, -0.15) is 13.2 Å². The maximum absolute atomic E-state index is 12.4. The number of alkyl halides is 3. The van der Waals surface area contributed by atoms with E-state index in [-0.39, 0.29) is 12.2 Å². The van der Waals surface area contributed by atoms with E-state index in [0.29, 0.717) is 0 Å². The molecule has 0 radical (unpaired) electrons. The monoisotopic (exact) mass is 276 g/mol. The third-order valence-corrected chi connectivity index (χ3v) is 2.17. The van der Waals surface area contributed by atoms with Gasteiger partial charge in [0.1, 0.15) is 0 Å². The number of carbonyl (C=O) groups is 1. The molecule has 0 saturated carbocycles. The smallest absolute Gasteiger partial charge is 0.417 e. The zero-order valence-electron chi connectivity index (χ0n) is 9.27. The molecule has 0 aromatic heterocycles. The molecular weight excluding hydrogens is 269 g/mol. The quantitative estimate of drug-likeness (QED) is 0.581. The Balaban J connectivity index is 2.95. The van der Waals surface area contributed by atoms with Gasteiger partial charge in [0.05, 0.1) is 17.2 Å². The molecule has 0 spiro atoms. The molecule has 0 N–H and O–H groups in total. The minimum absolute atomic E-state index is 0.182. The first kappa shape index (κ1) is 14.4. The highest BCUT2D eigenvalue weighted by atomic mass is 35.5. The van der Waals surface area contributed by atoms with Crippen LogP contribution in [0.15, 0.2) is 18.2 Å². The molecule has 2 nitrogen and oxygen atoms in total. The van der Waals surface area contributed by atoms with Crippen molar-refractivity contribution in [3.63, 3.8) is 0 Å². The number of hydrogen-bond donors (Lipinski definition) is 0. The van der Waals surface area contributed by atoms with Gasteiger partial charge in [-0.1, -0.05) is 17.5 Å². The van der Waals surface area contributed by atoms with Crippen molar-refractivity contribution in [1.29, 1.82) is 0 Å². The Morgan fingerprint density at radius 1 is 1.44 bits per heavy atom. The molecule has 0 bridgehead atoms. The molecule has 0 aliphatic carbocycles. The summed E-state index contributed by atoms with van der Waals surface area (Å²) in [6.07, 6.45) is -4.51. The summed E-state index contributed by atoms with van der Waals surface area (Å²) in [4.78, 5) is 10.9. The second-order valence-electron chi connectivity index (χ2n) is 3.16. The third kappa shape index (κ3) is 3.97. The van der Waals surface area contributed by atoms with E-state index in [1.54, 1.807) is 6.92 Å². The molecule has 0 fully saturated rings. The van der Waals surface area contributed by atoms with Crippen LogP contribution in [0.5, 0.6) is 0 Å². The topological polar surface area (TPSA) is 26.3 Å². The fourth-order valence-corrected chi connectivity index (χ4v) is 1.40. The maximum Gasteiger partial charge on any atom is 0.417 e. The van der Waals surface area contributed by atoms with Gasteiger partial charge in [0.25, 0.3) is 0 Å². The lowest BCUT2D eigenvalue weighted by Crippen LogP contribution is -2.05. The molecule has 0 aliphatic rings. The van der Waals surface area contributed by atoms with Crippen LogP contribution in [0.1, 0.15) is 18.1 Å². The van der Waals surface area contributed by atoms with Crippen LogP contribution >= 0.6 is 11.6 Å². The van der Waals surface area contributed by atoms with Crippen molar-refractivity contribution in [2.75, 3.05) is 6.61 Å². The number of ether oxygens (including phenoxy) is 1. The van der Waals surface area contributed by atoms with Crippen LogP contribution in [0.2, 0.25) is 5.02 Å². The van der Waals surface area contributed by atoms with Gasteiger partial charge in [0.15, 0.2) is 0 Å². The van der Waals surface area contributed by atoms with E-state index < -0.39 is 22.7 Å². The fourth-order valence-electron chi connectivity index (χ4n) is 1.11. The maximum atomic E-state index is 12.4. The number of esters is 1. The Morgan fingerprint density at radius 3 is 2.61 bits per heavy atom. The SMILES string of the molecule is CCOC(=O)C#Cc1ccc(C(F)(F)F)c(Cl)c1. The molecule has 1 rings (SSSR count). The highest BCUT2D eigenvalue weighted by Gasteiger charge is 2.32. The Hall–Kier alpha value is -1.67. The molecule has 6 heteroatoms. The molecule has 0 atom stereocenters. The fraction of sp³-hybridized carbons (Fsp3) is 0.250. The van der Waals surface area contributed by atoms with Crippen LogP contribution in [0.4, 0.5) is 13.2 Å². The zero-order valence-corrected chi connectivity index (χ0v) is 10.0. The van der Waals surface area contributed by atoms with Crippen molar-refractivity contribution in [1.82, 2.24) is 0 Å². The Morgan fingerprint density at radius 2 is 2.11 bits per heavy atom. The van der Waals surface area contributed by atoms with Gasteiger partial charge in [0, 0.05) is 11.5 Å². The first-order valence-corrected chi connectivity index (χ1v) is 5.28. The van der Waals surface area contributed by atoms with Gasteiger partial charge in [0.2, 0.25) is 0 Å². The van der Waals surface area contributed by atoms with Gasteiger partial charge in [-0.05, 0) is 25.1 Å². The number of benzene rings is 1. The molecule has 0 amide bonds. The normalized spacial score (nSPS) is 10.5. The van der Waals surface area contributed by atoms with E-state index in [4.69, 9.17) is 11.6 Å². The van der Waals surface area contributed by atoms with Crippen molar-refractivity contribution in [2.45, 2.75) is 13.1 Å². The summed E-state index contributed by atoms with van der Waals surface area (Å²) < 4.78 is 41.7. The van der Waals surface area contributed by atoms with Gasteiger partial charge < -0.3 is 4.74 Å². The summed E-state index contributed by atoms with van der Waals surface area (Å²) in [6, 6.07) is 3.01. The Kier molecular flexibility index (Phi) is 4.62. The minimum Gasteiger partial charge on any atom is -0.456 e. The van der Waals surface area contributed by atoms with E-state index in [1.807, 2.05) is 0 Å². The number of halogens is 4. The van der Waals surface area contributed by atoms with E-state index in [2.05, 4.69) is 16.6 Å². The van der Waals surface area contributed by atoms with Crippen LogP contribution in [-0.4, -0.2) is 12.6 Å². The van der Waals surface area contributed by atoms with E-state index in [9.17, 15) is 18.0 Å². The molecule has 0 aliphatic heterocycles. The highest BCUT2D eigenvalue weighted by molar-refractivity contribution is 6.31. The summed E-state index contributed by atoms with van der Waals surface area (Å²) >= 11 is 5.49. The molecule has 0 unspecified atom stereocenters. The molecule has 1 aromatic carbocycles. The van der Waals surface area contributed by atoms with Gasteiger partial charge in [-0.15, -0.1) is 0 Å². The molecule has 18 heavy (non-hydrogen) atoms. The van der Waals surface area contributed by atoms with E-state index in [1.165, 1.54) is 0 Å². The first-order valence-electron chi connectivity index (χ1n) is 4.90. The van der Waals surface area contributed by atoms with Crippen molar-refractivity contribution in [3.8, 4) is 11.8 Å². The van der Waals surface area contributed by atoms with Gasteiger partial charge in [-0.25, -0.2) is 4.79 Å². The standard InChI is InChI=1S/C12H8ClF3O2/c1-2-18-11(17)6-4-8-3-5-9(10(13)7-8)12(14,15)16/h3,5,7H,2H2,1H3. The van der Waals surface area contributed by atoms with Crippen LogP contribution in [-0.2, 0) is 15.7 Å². The summed E-state index contributed by atoms with van der Waals surface area (Å²) in [5.74, 6) is 3.76. The predicted molar refractivity (Wildman–Crippen MR) is 60.0 cm³/mol. The van der Waals surface area contributed by atoms with Crippen molar-refractivity contribution < 1.29 is 22.7 Å². The number of hydrogen-bond acceptors (Lipinski definition) is 2. The van der Waals surface area contributed by atoms with Crippen molar-refractivity contribution in [2.24, 2.45) is 0 Å². The van der Waals surface area contributed by atoms with Crippen LogP contribution in [0.25, 0.3) is 0 Å². The van der Waals surface area contributed by atoms with Crippen LogP contribution < -0.4 is 0 Å². The summed E-state index contributed by atoms with van der Waals surface area (Å²) in [7, 11) is 0. The van der Waals surface area contributed by atoms with E-state index >= 15 is 0 Å². The summed E-state index contributed by atoms with van der Waals surface area (Å²) in [5, 5.41) is -0.460. The lowest BCUT2D eigenvalue weighted by atomic mass is 10.1. The van der Waals surface area contributed by atoms with E-state index in [0.717, 1.165) is 18.2 Å². The van der Waals surface area contributed by atoms with Crippen molar-refractivity contribution >= 4 is 17.6 Å². The summed E-state index contributed by atoms with van der Waals surface area (Å²) in [6.45, 7) is 1.80. The van der Waals surface area contributed by atoms with Crippen molar-refractivity contribution in [3.05, 3.63) is 34.3 Å². The number of rotatable bonds is 1. The molecule has 1 aromatic rings. The average molecular weight is 277 g/mol. The predicted octanol–water partition coefficient (Wildman–Crippen LogP) is 3.27. The lowest BCUT2D eigenvalue weighted by Gasteiger charge is -2.08. The van der Waals surface area contributed by atoms with Crippen LogP contribution in [0, 0.1) is 11.8 Å². The average Bonchev–Trinajstić information content (AvgIpc) is 2.25. The largest absolute Gasteiger partial charge is 0.456 e.